The lowest BCUT2D eigenvalue weighted by atomic mass is 10.0. The summed E-state index contributed by atoms with van der Waals surface area (Å²) in [5.41, 5.74) is -1.15. The fourth-order valence-electron chi connectivity index (χ4n) is 1.88. The molecule has 20 heavy (non-hydrogen) atoms. The zero-order valence-corrected chi connectivity index (χ0v) is 12.0. The summed E-state index contributed by atoms with van der Waals surface area (Å²) in [5, 5.41) is 26.9. The lowest BCUT2D eigenvalue weighted by molar-refractivity contribution is -0.383. The molecule has 0 fully saturated rings. The Morgan fingerprint density at radius 2 is 1.95 bits per heavy atom. The molecule has 0 aromatic carbocycles. The molecule has 1 unspecified atom stereocenters. The molecule has 0 spiro atoms. The molecule has 8 nitrogen and oxygen atoms in total. The maximum Gasteiger partial charge on any atom is 0.353 e. The van der Waals surface area contributed by atoms with Crippen LogP contribution in [0.15, 0.2) is 6.33 Å². The number of nitrogens with zero attached hydrogens (tertiary/aromatic N) is 3. The molecule has 0 aliphatic heterocycles. The van der Waals surface area contributed by atoms with Crippen molar-refractivity contribution in [3.63, 3.8) is 0 Å². The third-order valence-electron chi connectivity index (χ3n) is 2.77. The highest BCUT2D eigenvalue weighted by Crippen LogP contribution is 2.29. The number of aliphatic hydroxyl groups is 1. The van der Waals surface area contributed by atoms with Crippen LogP contribution in [0, 0.1) is 10.1 Å². The summed E-state index contributed by atoms with van der Waals surface area (Å²) in [6, 6.07) is 0. The number of rotatable bonds is 8. The zero-order chi connectivity index (χ0) is 15.2. The molecule has 1 aromatic heterocycles. The molecular formula is C12H21N5O3. The highest BCUT2D eigenvalue weighted by atomic mass is 16.6. The third kappa shape index (κ3) is 4.30. The van der Waals surface area contributed by atoms with Gasteiger partial charge in [-0.15, -0.1) is 0 Å². The summed E-state index contributed by atoms with van der Waals surface area (Å²) in [6.45, 7) is 6.17. The Kier molecular flexibility index (Phi) is 5.63. The van der Waals surface area contributed by atoms with Crippen LogP contribution in [0.3, 0.4) is 0 Å². The van der Waals surface area contributed by atoms with Gasteiger partial charge in [0, 0.05) is 13.1 Å². The van der Waals surface area contributed by atoms with Crippen LogP contribution < -0.4 is 10.6 Å². The fraction of sp³-hybridized carbons (Fsp3) is 0.667. The molecular weight excluding hydrogens is 262 g/mol. The van der Waals surface area contributed by atoms with Crippen molar-refractivity contribution >= 4 is 17.3 Å². The summed E-state index contributed by atoms with van der Waals surface area (Å²) >= 11 is 0. The molecule has 0 aliphatic carbocycles. The van der Waals surface area contributed by atoms with Crippen LogP contribution in [0.1, 0.15) is 33.6 Å². The van der Waals surface area contributed by atoms with E-state index in [1.165, 1.54) is 6.33 Å². The molecule has 1 aromatic rings. The molecule has 3 N–H and O–H groups in total. The van der Waals surface area contributed by atoms with Gasteiger partial charge in [0.1, 0.15) is 6.33 Å². The Bertz CT molecular complexity index is 464. The van der Waals surface area contributed by atoms with Crippen LogP contribution in [0.2, 0.25) is 0 Å². The maximum atomic E-state index is 11.2. The van der Waals surface area contributed by atoms with Crippen LogP contribution in [-0.4, -0.2) is 38.7 Å². The average molecular weight is 283 g/mol. The van der Waals surface area contributed by atoms with E-state index in [9.17, 15) is 15.2 Å². The number of nitro groups is 1. The minimum atomic E-state index is -0.939. The van der Waals surface area contributed by atoms with Crippen molar-refractivity contribution in [1.29, 1.82) is 0 Å². The van der Waals surface area contributed by atoms with Crippen LogP contribution in [0.5, 0.6) is 0 Å². The third-order valence-corrected chi connectivity index (χ3v) is 2.77. The van der Waals surface area contributed by atoms with Crippen LogP contribution >= 0.6 is 0 Å². The molecule has 1 heterocycles. The van der Waals surface area contributed by atoms with E-state index in [1.807, 2.05) is 13.8 Å². The van der Waals surface area contributed by atoms with E-state index >= 15 is 0 Å². The molecule has 1 rings (SSSR count). The Labute approximate surface area is 117 Å². The smallest absolute Gasteiger partial charge is 0.353 e. The molecule has 0 radical (unpaired) electrons. The molecule has 0 amide bonds. The maximum absolute atomic E-state index is 11.2. The first-order valence-electron chi connectivity index (χ1n) is 6.60. The summed E-state index contributed by atoms with van der Waals surface area (Å²) in [7, 11) is 0. The Balaban J connectivity index is 2.94. The first-order valence-corrected chi connectivity index (χ1v) is 6.60. The quantitative estimate of drug-likeness (QED) is 0.492. The Morgan fingerprint density at radius 1 is 1.35 bits per heavy atom. The van der Waals surface area contributed by atoms with Crippen molar-refractivity contribution in [2.75, 3.05) is 23.7 Å². The minimum Gasteiger partial charge on any atom is -0.388 e. The molecule has 0 saturated carbocycles. The predicted molar refractivity (Wildman–Crippen MR) is 76.9 cm³/mol. The monoisotopic (exact) mass is 283 g/mol. The van der Waals surface area contributed by atoms with E-state index in [0.29, 0.717) is 13.0 Å². The van der Waals surface area contributed by atoms with Gasteiger partial charge >= 0.3 is 5.69 Å². The first-order chi connectivity index (χ1) is 9.41. The highest BCUT2D eigenvalue weighted by Gasteiger charge is 2.25. The standard InChI is InChI=1S/C12H21N5O3/c1-4-6-12(3,18)7-14-11-9(17(19)20)10(13-5-2)15-8-16-11/h8,18H,4-7H2,1-3H3,(H2,13,14,15,16). The second kappa shape index (κ2) is 6.99. The molecule has 8 heteroatoms. The predicted octanol–water partition coefficient (Wildman–Crippen LogP) is 1.78. The van der Waals surface area contributed by atoms with Crippen molar-refractivity contribution < 1.29 is 10.0 Å². The van der Waals surface area contributed by atoms with Gasteiger partial charge in [-0.1, -0.05) is 13.3 Å². The van der Waals surface area contributed by atoms with E-state index in [4.69, 9.17) is 0 Å². The fourth-order valence-corrected chi connectivity index (χ4v) is 1.88. The van der Waals surface area contributed by atoms with Gasteiger partial charge in [-0.05, 0) is 20.3 Å². The van der Waals surface area contributed by atoms with Gasteiger partial charge in [-0.3, -0.25) is 10.1 Å². The molecule has 0 aliphatic rings. The molecule has 112 valence electrons. The van der Waals surface area contributed by atoms with E-state index in [-0.39, 0.29) is 23.9 Å². The number of anilines is 2. The van der Waals surface area contributed by atoms with Gasteiger partial charge < -0.3 is 15.7 Å². The number of nitrogens with one attached hydrogen (secondary N) is 2. The van der Waals surface area contributed by atoms with Crippen molar-refractivity contribution in [3.8, 4) is 0 Å². The minimum absolute atomic E-state index is 0.109. The normalized spacial score (nSPS) is 13.6. The van der Waals surface area contributed by atoms with E-state index in [0.717, 1.165) is 6.42 Å². The number of hydrogen-bond donors (Lipinski definition) is 3. The van der Waals surface area contributed by atoms with Crippen LogP contribution in [0.25, 0.3) is 0 Å². The summed E-state index contributed by atoms with van der Waals surface area (Å²) in [4.78, 5) is 18.4. The van der Waals surface area contributed by atoms with Crippen molar-refractivity contribution in [1.82, 2.24) is 9.97 Å². The summed E-state index contributed by atoms with van der Waals surface area (Å²) < 4.78 is 0. The van der Waals surface area contributed by atoms with Gasteiger partial charge in [0.25, 0.3) is 0 Å². The summed E-state index contributed by atoms with van der Waals surface area (Å²) in [6.07, 6.45) is 2.67. The van der Waals surface area contributed by atoms with E-state index < -0.39 is 10.5 Å². The average Bonchev–Trinajstić information content (AvgIpc) is 2.36. The zero-order valence-electron chi connectivity index (χ0n) is 12.0. The topological polar surface area (TPSA) is 113 Å². The first kappa shape index (κ1) is 16.1. The molecule has 0 bridgehead atoms. The van der Waals surface area contributed by atoms with Crippen molar-refractivity contribution in [3.05, 3.63) is 16.4 Å². The number of aromatic nitrogens is 2. The lowest BCUT2D eigenvalue weighted by Gasteiger charge is -2.23. The second-order valence-corrected chi connectivity index (χ2v) is 4.81. The van der Waals surface area contributed by atoms with Crippen LogP contribution in [-0.2, 0) is 0 Å². The number of hydrogen-bond acceptors (Lipinski definition) is 7. The van der Waals surface area contributed by atoms with E-state index in [2.05, 4.69) is 20.6 Å². The van der Waals surface area contributed by atoms with Gasteiger partial charge in [-0.2, -0.15) is 0 Å². The summed E-state index contributed by atoms with van der Waals surface area (Å²) in [5.74, 6) is 0.280. The van der Waals surface area contributed by atoms with Gasteiger partial charge in [0.05, 0.1) is 10.5 Å². The van der Waals surface area contributed by atoms with Crippen molar-refractivity contribution in [2.24, 2.45) is 0 Å². The van der Waals surface area contributed by atoms with E-state index in [1.54, 1.807) is 6.92 Å². The second-order valence-electron chi connectivity index (χ2n) is 4.81. The van der Waals surface area contributed by atoms with Crippen molar-refractivity contribution in [2.45, 2.75) is 39.2 Å². The SMILES string of the molecule is CCCC(C)(O)CNc1ncnc(NCC)c1[N+](=O)[O-]. The van der Waals surface area contributed by atoms with Crippen LogP contribution in [0.4, 0.5) is 17.3 Å². The highest BCUT2D eigenvalue weighted by molar-refractivity contribution is 5.69. The Morgan fingerprint density at radius 3 is 2.45 bits per heavy atom. The largest absolute Gasteiger partial charge is 0.388 e. The molecule has 0 saturated heterocycles. The van der Waals surface area contributed by atoms with Gasteiger partial charge in [0.2, 0.25) is 11.6 Å². The molecule has 1 atom stereocenters. The lowest BCUT2D eigenvalue weighted by Crippen LogP contribution is -2.33. The Hall–Kier alpha value is -1.96. The van der Waals surface area contributed by atoms with Gasteiger partial charge in [-0.25, -0.2) is 9.97 Å². The van der Waals surface area contributed by atoms with Gasteiger partial charge in [0.15, 0.2) is 0 Å².